The molecule has 3 rings (SSSR count). The summed E-state index contributed by atoms with van der Waals surface area (Å²) < 4.78 is 5.60. The highest BCUT2D eigenvalue weighted by Crippen LogP contribution is 2.19. The van der Waals surface area contributed by atoms with E-state index >= 15 is 0 Å². The molecule has 25 heavy (non-hydrogen) atoms. The lowest BCUT2D eigenvalue weighted by atomic mass is 10.2. The fourth-order valence-corrected chi connectivity index (χ4v) is 3.73. The molecule has 0 radical (unpaired) electrons. The van der Waals surface area contributed by atoms with Crippen LogP contribution in [-0.2, 0) is 17.8 Å². The number of thiazole rings is 1. The van der Waals surface area contributed by atoms with E-state index in [-0.39, 0.29) is 12.0 Å². The van der Waals surface area contributed by atoms with Gasteiger partial charge in [-0.1, -0.05) is 0 Å². The first-order valence-electron chi connectivity index (χ1n) is 8.81. The van der Waals surface area contributed by atoms with Crippen LogP contribution in [0.1, 0.15) is 37.4 Å². The van der Waals surface area contributed by atoms with Crippen molar-refractivity contribution in [1.82, 2.24) is 9.88 Å². The van der Waals surface area contributed by atoms with Crippen molar-refractivity contribution < 1.29 is 9.53 Å². The quantitative estimate of drug-likeness (QED) is 0.819. The fraction of sp³-hybridized carbons (Fsp3) is 0.474. The lowest BCUT2D eigenvalue weighted by molar-refractivity contribution is -0.115. The van der Waals surface area contributed by atoms with Gasteiger partial charge in [-0.15, -0.1) is 11.3 Å². The van der Waals surface area contributed by atoms with Crippen LogP contribution in [0.25, 0.3) is 0 Å². The number of carbonyl (C=O) groups is 1. The molecule has 1 aromatic heterocycles. The molecule has 6 heteroatoms. The van der Waals surface area contributed by atoms with E-state index in [9.17, 15) is 4.79 Å². The van der Waals surface area contributed by atoms with Gasteiger partial charge in [0.1, 0.15) is 10.8 Å². The van der Waals surface area contributed by atoms with Crippen LogP contribution >= 0.6 is 11.3 Å². The third-order valence-corrected chi connectivity index (χ3v) is 4.89. The predicted molar refractivity (Wildman–Crippen MR) is 101 cm³/mol. The molecule has 1 aliphatic heterocycles. The van der Waals surface area contributed by atoms with E-state index in [0.29, 0.717) is 6.42 Å². The van der Waals surface area contributed by atoms with Crippen molar-refractivity contribution in [1.29, 1.82) is 0 Å². The maximum atomic E-state index is 12.2. The molecule has 1 amide bonds. The number of hydrogen-bond donors (Lipinski definition) is 1. The summed E-state index contributed by atoms with van der Waals surface area (Å²) in [6.07, 6.45) is 3.00. The second kappa shape index (κ2) is 8.45. The number of anilines is 1. The number of ether oxygens (including phenoxy) is 1. The number of rotatable bonds is 7. The molecule has 0 atom stereocenters. The Hall–Kier alpha value is -1.92. The number of benzene rings is 1. The second-order valence-corrected chi connectivity index (χ2v) is 7.57. The summed E-state index contributed by atoms with van der Waals surface area (Å²) in [6, 6.07) is 7.45. The van der Waals surface area contributed by atoms with Crippen molar-refractivity contribution in [3.05, 3.63) is 40.3 Å². The summed E-state index contributed by atoms with van der Waals surface area (Å²) in [5, 5.41) is 6.00. The Labute approximate surface area is 153 Å². The highest BCUT2D eigenvalue weighted by molar-refractivity contribution is 7.09. The van der Waals surface area contributed by atoms with E-state index in [0.717, 1.165) is 41.8 Å². The van der Waals surface area contributed by atoms with E-state index < -0.39 is 0 Å². The molecule has 1 aliphatic rings. The highest BCUT2D eigenvalue weighted by atomic mass is 32.1. The largest absolute Gasteiger partial charge is 0.491 e. The lowest BCUT2D eigenvalue weighted by Gasteiger charge is -2.11. The third kappa shape index (κ3) is 5.54. The summed E-state index contributed by atoms with van der Waals surface area (Å²) in [6.45, 7) is 7.20. The van der Waals surface area contributed by atoms with Crippen LogP contribution in [0.5, 0.6) is 5.75 Å². The van der Waals surface area contributed by atoms with Crippen LogP contribution in [-0.4, -0.2) is 35.0 Å². The number of nitrogens with one attached hydrogen (secondary N) is 1. The minimum atomic E-state index is -0.0458. The Bertz CT molecular complexity index is 691. The van der Waals surface area contributed by atoms with Crippen molar-refractivity contribution in [2.45, 2.75) is 45.8 Å². The number of nitrogens with zero attached hydrogens (tertiary/aromatic N) is 2. The van der Waals surface area contributed by atoms with Gasteiger partial charge < -0.3 is 10.1 Å². The summed E-state index contributed by atoms with van der Waals surface area (Å²) in [5.41, 5.74) is 1.62. The zero-order chi connectivity index (χ0) is 17.6. The first kappa shape index (κ1) is 17.9. The van der Waals surface area contributed by atoms with Crippen LogP contribution in [0.4, 0.5) is 5.69 Å². The summed E-state index contributed by atoms with van der Waals surface area (Å²) in [7, 11) is 0. The lowest BCUT2D eigenvalue weighted by Crippen LogP contribution is -2.18. The topological polar surface area (TPSA) is 54.5 Å². The van der Waals surface area contributed by atoms with Gasteiger partial charge in [0.05, 0.1) is 24.8 Å². The standard InChI is InChI=1S/C19H25N3O2S/c1-14(2)24-17-7-5-15(6-8-17)20-18(23)11-16-13-25-19(21-16)12-22-9-3-4-10-22/h5-8,13-14H,3-4,9-12H2,1-2H3,(H,20,23). The molecule has 1 aromatic carbocycles. The highest BCUT2D eigenvalue weighted by Gasteiger charge is 2.14. The van der Waals surface area contributed by atoms with Gasteiger partial charge in [-0.25, -0.2) is 4.98 Å². The molecule has 1 saturated heterocycles. The van der Waals surface area contributed by atoms with Crippen molar-refractivity contribution in [3.63, 3.8) is 0 Å². The average Bonchev–Trinajstić information content (AvgIpc) is 3.21. The zero-order valence-electron chi connectivity index (χ0n) is 14.8. The Balaban J connectivity index is 1.49. The van der Waals surface area contributed by atoms with Crippen LogP contribution in [0.3, 0.4) is 0 Å². The molecule has 0 spiro atoms. The van der Waals surface area contributed by atoms with Gasteiger partial charge in [-0.2, -0.15) is 0 Å². The monoisotopic (exact) mass is 359 g/mol. The molecule has 0 saturated carbocycles. The molecule has 0 bridgehead atoms. The third-order valence-electron chi connectivity index (χ3n) is 4.01. The summed E-state index contributed by atoms with van der Waals surface area (Å²) in [4.78, 5) is 19.2. The SMILES string of the molecule is CC(C)Oc1ccc(NC(=O)Cc2csc(CN3CCCC3)n2)cc1. The van der Waals surface area contributed by atoms with Crippen LogP contribution in [0.2, 0.25) is 0 Å². The predicted octanol–water partition coefficient (Wildman–Crippen LogP) is 3.71. The second-order valence-electron chi connectivity index (χ2n) is 6.63. The maximum absolute atomic E-state index is 12.2. The van der Waals surface area contributed by atoms with E-state index in [2.05, 4.69) is 15.2 Å². The molecular formula is C19H25N3O2S. The van der Waals surface area contributed by atoms with Gasteiger partial charge in [0.2, 0.25) is 5.91 Å². The Kier molecular flexibility index (Phi) is 6.04. The fourth-order valence-electron chi connectivity index (χ4n) is 2.89. The van der Waals surface area contributed by atoms with Gasteiger partial charge in [-0.05, 0) is 64.0 Å². The summed E-state index contributed by atoms with van der Waals surface area (Å²) >= 11 is 1.64. The Morgan fingerprint density at radius 3 is 2.68 bits per heavy atom. The van der Waals surface area contributed by atoms with E-state index in [4.69, 9.17) is 4.74 Å². The van der Waals surface area contributed by atoms with Crippen LogP contribution in [0, 0.1) is 0 Å². The minimum absolute atomic E-state index is 0.0458. The van der Waals surface area contributed by atoms with Crippen molar-refractivity contribution in [3.8, 4) is 5.75 Å². The number of hydrogen-bond acceptors (Lipinski definition) is 5. The molecule has 1 fully saturated rings. The molecular weight excluding hydrogens is 334 g/mol. The number of likely N-dealkylation sites (tertiary alicyclic amines) is 1. The van der Waals surface area contributed by atoms with Gasteiger partial charge in [0.25, 0.3) is 0 Å². The van der Waals surface area contributed by atoms with Gasteiger partial charge in [0, 0.05) is 11.1 Å². The van der Waals surface area contributed by atoms with Gasteiger partial charge in [0.15, 0.2) is 0 Å². The molecule has 134 valence electrons. The van der Waals surface area contributed by atoms with Crippen molar-refractivity contribution >= 4 is 22.9 Å². The van der Waals surface area contributed by atoms with E-state index in [1.807, 2.05) is 43.5 Å². The zero-order valence-corrected chi connectivity index (χ0v) is 15.6. The van der Waals surface area contributed by atoms with Crippen LogP contribution < -0.4 is 10.1 Å². The maximum Gasteiger partial charge on any atom is 0.230 e. The molecule has 2 aromatic rings. The van der Waals surface area contributed by atoms with Crippen LogP contribution in [0.15, 0.2) is 29.6 Å². The van der Waals surface area contributed by atoms with E-state index in [1.54, 1.807) is 11.3 Å². The normalized spacial score (nSPS) is 14.8. The molecule has 0 aliphatic carbocycles. The first-order valence-corrected chi connectivity index (χ1v) is 9.68. The number of amides is 1. The Morgan fingerprint density at radius 2 is 2.00 bits per heavy atom. The number of carbonyl (C=O) groups excluding carboxylic acids is 1. The first-order chi connectivity index (χ1) is 12.1. The van der Waals surface area contributed by atoms with Crippen molar-refractivity contribution in [2.75, 3.05) is 18.4 Å². The average molecular weight is 359 g/mol. The molecule has 2 heterocycles. The van der Waals surface area contributed by atoms with Gasteiger partial charge in [-0.3, -0.25) is 9.69 Å². The van der Waals surface area contributed by atoms with Gasteiger partial charge >= 0.3 is 0 Å². The smallest absolute Gasteiger partial charge is 0.230 e. The summed E-state index contributed by atoms with van der Waals surface area (Å²) in [5.74, 6) is 0.759. The molecule has 5 nitrogen and oxygen atoms in total. The van der Waals surface area contributed by atoms with Crippen molar-refractivity contribution in [2.24, 2.45) is 0 Å². The molecule has 0 unspecified atom stereocenters. The molecule has 1 N–H and O–H groups in total. The number of aromatic nitrogens is 1. The minimum Gasteiger partial charge on any atom is -0.491 e. The van der Waals surface area contributed by atoms with E-state index in [1.165, 1.54) is 12.8 Å². The Morgan fingerprint density at radius 1 is 1.28 bits per heavy atom.